The van der Waals surface area contributed by atoms with Crippen molar-refractivity contribution in [3.63, 3.8) is 0 Å². The number of anilines is 3. The average Bonchev–Trinajstić information content (AvgIpc) is 2.68. The molecule has 1 aliphatic heterocycles. The summed E-state index contributed by atoms with van der Waals surface area (Å²) in [7, 11) is 1.58. The van der Waals surface area contributed by atoms with Crippen LogP contribution in [-0.4, -0.2) is 35.6 Å². The molecule has 1 amide bonds. The summed E-state index contributed by atoms with van der Waals surface area (Å²) in [6, 6.07) is 4.55. The van der Waals surface area contributed by atoms with Gasteiger partial charge in [0.05, 0.1) is 23.4 Å². The number of aromatic nitrogens is 2. The second-order valence-corrected chi connectivity index (χ2v) is 6.25. The molecule has 0 N–H and O–H groups in total. The van der Waals surface area contributed by atoms with Crippen LogP contribution in [0.2, 0.25) is 0 Å². The first-order valence-corrected chi connectivity index (χ1v) is 8.47. The number of rotatable bonds is 4. The summed E-state index contributed by atoms with van der Waals surface area (Å²) in [4.78, 5) is 24.6. The van der Waals surface area contributed by atoms with Crippen molar-refractivity contribution in [1.29, 1.82) is 0 Å². The number of halogens is 3. The van der Waals surface area contributed by atoms with Crippen LogP contribution >= 0.6 is 0 Å². The molecule has 0 saturated heterocycles. The van der Waals surface area contributed by atoms with E-state index in [9.17, 15) is 18.0 Å². The number of carbonyl (C=O) groups is 1. The molecule has 0 fully saturated rings. The largest absolute Gasteiger partial charge is 0.394 e. The van der Waals surface area contributed by atoms with Gasteiger partial charge in [0.2, 0.25) is 0 Å². The summed E-state index contributed by atoms with van der Waals surface area (Å²) in [5.74, 6) is 0.390. The maximum absolute atomic E-state index is 13.0. The zero-order chi connectivity index (χ0) is 19.8. The molecule has 2 aromatic heterocycles. The first-order chi connectivity index (χ1) is 12.7. The lowest BCUT2D eigenvalue weighted by Gasteiger charge is -2.23. The van der Waals surface area contributed by atoms with Crippen molar-refractivity contribution in [2.75, 3.05) is 23.4 Å². The SMILES string of the molecule is C=CCc1cnc2c(c1)C(=O)N(C)c1ccc(CC(F)(F)F)nc1N2CC. The zero-order valence-corrected chi connectivity index (χ0v) is 15.0. The van der Waals surface area contributed by atoms with Crippen LogP contribution in [-0.2, 0) is 12.8 Å². The molecule has 0 bridgehead atoms. The fraction of sp³-hybridized carbons (Fsp3) is 0.316. The highest BCUT2D eigenvalue weighted by Crippen LogP contribution is 2.38. The summed E-state index contributed by atoms with van der Waals surface area (Å²) in [6.07, 6.45) is -1.58. The lowest BCUT2D eigenvalue weighted by atomic mass is 10.1. The first-order valence-electron chi connectivity index (χ1n) is 8.47. The van der Waals surface area contributed by atoms with Crippen LogP contribution in [0.15, 0.2) is 37.1 Å². The Morgan fingerprint density at radius 3 is 2.63 bits per heavy atom. The molecule has 0 atom stereocenters. The molecule has 2 aromatic rings. The summed E-state index contributed by atoms with van der Waals surface area (Å²) in [6.45, 7) is 5.92. The van der Waals surface area contributed by atoms with E-state index in [0.29, 0.717) is 30.0 Å². The monoisotopic (exact) mass is 376 g/mol. The fourth-order valence-corrected chi connectivity index (χ4v) is 3.09. The van der Waals surface area contributed by atoms with Gasteiger partial charge < -0.3 is 9.80 Å². The third kappa shape index (κ3) is 3.65. The normalized spacial score (nSPS) is 13.9. The maximum atomic E-state index is 13.0. The summed E-state index contributed by atoms with van der Waals surface area (Å²) < 4.78 is 38.4. The number of fused-ring (bicyclic) bond motifs is 2. The van der Waals surface area contributed by atoms with Crippen LogP contribution < -0.4 is 9.80 Å². The number of carbonyl (C=O) groups excluding carboxylic acids is 1. The van der Waals surface area contributed by atoms with Crippen molar-refractivity contribution in [2.24, 2.45) is 0 Å². The maximum Gasteiger partial charge on any atom is 0.394 e. The van der Waals surface area contributed by atoms with Crippen molar-refractivity contribution in [3.8, 4) is 0 Å². The molecule has 5 nitrogen and oxygen atoms in total. The van der Waals surface area contributed by atoms with Crippen LogP contribution in [0.25, 0.3) is 0 Å². The van der Waals surface area contributed by atoms with E-state index in [2.05, 4.69) is 16.5 Å². The van der Waals surface area contributed by atoms with E-state index in [1.807, 2.05) is 6.92 Å². The number of hydrogen-bond acceptors (Lipinski definition) is 4. The summed E-state index contributed by atoms with van der Waals surface area (Å²) in [5, 5.41) is 0. The molecule has 0 aliphatic carbocycles. The highest BCUT2D eigenvalue weighted by Gasteiger charge is 2.33. The van der Waals surface area contributed by atoms with Gasteiger partial charge in [-0.1, -0.05) is 6.08 Å². The minimum absolute atomic E-state index is 0.104. The number of pyridine rings is 2. The number of alkyl halides is 3. The molecule has 8 heteroatoms. The van der Waals surface area contributed by atoms with Crippen molar-refractivity contribution >= 4 is 23.2 Å². The van der Waals surface area contributed by atoms with Gasteiger partial charge in [-0.2, -0.15) is 13.2 Å². The quantitative estimate of drug-likeness (QED) is 0.755. The van der Waals surface area contributed by atoms with Gasteiger partial charge in [-0.15, -0.1) is 6.58 Å². The molecule has 3 heterocycles. The Morgan fingerprint density at radius 1 is 1.26 bits per heavy atom. The van der Waals surface area contributed by atoms with Gasteiger partial charge in [-0.25, -0.2) is 9.97 Å². The zero-order valence-electron chi connectivity index (χ0n) is 15.0. The molecule has 0 radical (unpaired) electrons. The second-order valence-electron chi connectivity index (χ2n) is 6.25. The van der Waals surface area contributed by atoms with Crippen LogP contribution in [0, 0.1) is 0 Å². The Kier molecular flexibility index (Phi) is 4.91. The Bertz CT molecular complexity index is 895. The van der Waals surface area contributed by atoms with E-state index in [-0.39, 0.29) is 17.4 Å². The molecule has 3 rings (SSSR count). The van der Waals surface area contributed by atoms with Crippen molar-refractivity contribution in [1.82, 2.24) is 9.97 Å². The average molecular weight is 376 g/mol. The van der Waals surface area contributed by atoms with Gasteiger partial charge in [-0.3, -0.25) is 4.79 Å². The predicted molar refractivity (Wildman–Crippen MR) is 97.5 cm³/mol. The second kappa shape index (κ2) is 7.02. The molecule has 27 heavy (non-hydrogen) atoms. The van der Waals surface area contributed by atoms with Gasteiger partial charge in [0, 0.05) is 19.8 Å². The van der Waals surface area contributed by atoms with Crippen molar-refractivity contribution in [3.05, 3.63) is 53.9 Å². The minimum atomic E-state index is -4.36. The highest BCUT2D eigenvalue weighted by molar-refractivity contribution is 6.12. The Morgan fingerprint density at radius 2 is 2.00 bits per heavy atom. The van der Waals surface area contributed by atoms with Crippen LogP contribution in [0.1, 0.15) is 28.5 Å². The molecule has 0 saturated carbocycles. The van der Waals surface area contributed by atoms with Crippen LogP contribution in [0.4, 0.5) is 30.5 Å². The van der Waals surface area contributed by atoms with Crippen LogP contribution in [0.5, 0.6) is 0 Å². The molecule has 0 spiro atoms. The van der Waals surface area contributed by atoms with Gasteiger partial charge in [0.25, 0.3) is 5.91 Å². The number of hydrogen-bond donors (Lipinski definition) is 0. The smallest absolute Gasteiger partial charge is 0.309 e. The Labute approximate surface area is 155 Å². The Hall–Kier alpha value is -2.90. The molecule has 142 valence electrons. The predicted octanol–water partition coefficient (Wildman–Crippen LogP) is 4.06. The standard InChI is InChI=1S/C19H19F3N4O/c1-4-6-12-9-14-16(23-11-12)26(5-2)17-15(25(3)18(14)27)8-7-13(24-17)10-19(20,21)22/h4,7-9,11H,1,5-6,10H2,2-3H3. The van der Waals surface area contributed by atoms with Gasteiger partial charge in [0.15, 0.2) is 5.82 Å². The molecular weight excluding hydrogens is 357 g/mol. The molecule has 0 aromatic carbocycles. The van der Waals surface area contributed by atoms with E-state index in [1.165, 1.54) is 17.0 Å². The first kappa shape index (κ1) is 18.9. The van der Waals surface area contributed by atoms with Gasteiger partial charge in [-0.05, 0) is 37.1 Å². The molecule has 0 unspecified atom stereocenters. The number of amides is 1. The van der Waals surface area contributed by atoms with Crippen LogP contribution in [0.3, 0.4) is 0 Å². The highest BCUT2D eigenvalue weighted by atomic mass is 19.4. The van der Waals surface area contributed by atoms with E-state index in [1.54, 1.807) is 30.3 Å². The van der Waals surface area contributed by atoms with E-state index < -0.39 is 12.6 Å². The fourth-order valence-electron chi connectivity index (χ4n) is 3.09. The lowest BCUT2D eigenvalue weighted by molar-refractivity contribution is -0.127. The van der Waals surface area contributed by atoms with E-state index in [0.717, 1.165) is 5.56 Å². The Balaban J connectivity index is 2.17. The van der Waals surface area contributed by atoms with Gasteiger partial charge in [0.1, 0.15) is 5.82 Å². The topological polar surface area (TPSA) is 49.3 Å². The third-order valence-corrected chi connectivity index (χ3v) is 4.32. The number of allylic oxidation sites excluding steroid dienone is 1. The lowest BCUT2D eigenvalue weighted by Crippen LogP contribution is -2.26. The summed E-state index contributed by atoms with van der Waals surface area (Å²) >= 11 is 0. The molecular formula is C19H19F3N4O. The minimum Gasteiger partial charge on any atom is -0.309 e. The third-order valence-electron chi connectivity index (χ3n) is 4.32. The van der Waals surface area contributed by atoms with E-state index >= 15 is 0 Å². The van der Waals surface area contributed by atoms with E-state index in [4.69, 9.17) is 0 Å². The molecule has 1 aliphatic rings. The van der Waals surface area contributed by atoms with Gasteiger partial charge >= 0.3 is 6.18 Å². The summed E-state index contributed by atoms with van der Waals surface area (Å²) in [5.41, 5.74) is 1.55. The van der Waals surface area contributed by atoms with Crippen molar-refractivity contribution < 1.29 is 18.0 Å². The van der Waals surface area contributed by atoms with Crippen molar-refractivity contribution in [2.45, 2.75) is 25.9 Å². The number of nitrogens with zero attached hydrogens (tertiary/aromatic N) is 4.